The lowest BCUT2D eigenvalue weighted by atomic mass is 10.2. The third-order valence-corrected chi connectivity index (χ3v) is 4.78. The van der Waals surface area contributed by atoms with Crippen LogP contribution >= 0.6 is 15.9 Å². The zero-order valence-corrected chi connectivity index (χ0v) is 19.0. The van der Waals surface area contributed by atoms with Crippen LogP contribution in [0.15, 0.2) is 82.4 Å². The Balaban J connectivity index is 1.39. The Labute approximate surface area is 194 Å². The number of anilines is 1. The van der Waals surface area contributed by atoms with Gasteiger partial charge in [-0.3, -0.25) is 9.59 Å². The van der Waals surface area contributed by atoms with Gasteiger partial charge in [-0.15, -0.1) is 0 Å². The second-order valence-electron chi connectivity index (χ2n) is 6.76. The van der Waals surface area contributed by atoms with Crippen LogP contribution in [0, 0.1) is 6.92 Å². The Morgan fingerprint density at radius 1 is 0.875 bits per heavy atom. The molecule has 3 aromatic carbocycles. The van der Waals surface area contributed by atoms with Crippen molar-refractivity contribution in [3.8, 4) is 11.5 Å². The first-order chi connectivity index (χ1) is 15.5. The molecule has 0 saturated heterocycles. The monoisotopic (exact) mass is 495 g/mol. The number of rotatable bonds is 9. The molecule has 0 atom stereocenters. The van der Waals surface area contributed by atoms with E-state index < -0.39 is 0 Å². The minimum absolute atomic E-state index is 0.101. The van der Waals surface area contributed by atoms with Crippen molar-refractivity contribution < 1.29 is 19.1 Å². The van der Waals surface area contributed by atoms with Crippen molar-refractivity contribution in [2.75, 3.05) is 18.5 Å². The molecule has 0 aliphatic rings. The Morgan fingerprint density at radius 3 is 2.12 bits per heavy atom. The zero-order chi connectivity index (χ0) is 22.8. The molecule has 0 aliphatic carbocycles. The number of hydrazone groups is 1. The van der Waals surface area contributed by atoms with Crippen LogP contribution in [0.25, 0.3) is 0 Å². The summed E-state index contributed by atoms with van der Waals surface area (Å²) in [6.07, 6.45) is 1.51. The fourth-order valence-electron chi connectivity index (χ4n) is 2.59. The highest BCUT2D eigenvalue weighted by Crippen LogP contribution is 2.16. The van der Waals surface area contributed by atoms with Crippen LogP contribution in [0.1, 0.15) is 11.1 Å². The van der Waals surface area contributed by atoms with Gasteiger partial charge in [-0.05, 0) is 72.6 Å². The third kappa shape index (κ3) is 7.55. The molecule has 3 rings (SSSR count). The van der Waals surface area contributed by atoms with Crippen molar-refractivity contribution in [3.05, 3.63) is 88.4 Å². The molecule has 0 radical (unpaired) electrons. The van der Waals surface area contributed by atoms with Crippen LogP contribution in [0.4, 0.5) is 5.69 Å². The number of hydrogen-bond acceptors (Lipinski definition) is 5. The highest BCUT2D eigenvalue weighted by atomic mass is 79.9. The van der Waals surface area contributed by atoms with Gasteiger partial charge >= 0.3 is 0 Å². The quantitative estimate of drug-likeness (QED) is 0.342. The van der Waals surface area contributed by atoms with E-state index in [0.29, 0.717) is 11.5 Å². The Kier molecular flexibility index (Phi) is 8.39. The van der Waals surface area contributed by atoms with E-state index in [1.165, 1.54) is 6.21 Å². The average Bonchev–Trinajstić information content (AvgIpc) is 2.80. The fourth-order valence-corrected chi connectivity index (χ4v) is 2.85. The largest absolute Gasteiger partial charge is 0.484 e. The van der Waals surface area contributed by atoms with Crippen molar-refractivity contribution in [2.24, 2.45) is 5.10 Å². The van der Waals surface area contributed by atoms with Gasteiger partial charge < -0.3 is 14.8 Å². The molecule has 0 spiro atoms. The highest BCUT2D eigenvalue weighted by Gasteiger charge is 2.05. The van der Waals surface area contributed by atoms with E-state index in [-0.39, 0.29) is 25.0 Å². The number of benzene rings is 3. The van der Waals surface area contributed by atoms with Gasteiger partial charge in [-0.25, -0.2) is 5.43 Å². The van der Waals surface area contributed by atoms with E-state index in [2.05, 4.69) is 31.8 Å². The summed E-state index contributed by atoms with van der Waals surface area (Å²) in [6.45, 7) is 1.68. The van der Waals surface area contributed by atoms with Crippen molar-refractivity contribution in [3.63, 3.8) is 0 Å². The van der Waals surface area contributed by atoms with E-state index in [9.17, 15) is 9.59 Å². The molecular formula is C24H22BrN3O4. The fraction of sp³-hybridized carbons (Fsp3) is 0.125. The van der Waals surface area contributed by atoms with Gasteiger partial charge in [0.25, 0.3) is 11.8 Å². The molecule has 0 aromatic heterocycles. The number of nitrogens with zero attached hydrogens (tertiary/aromatic N) is 1. The number of carbonyl (C=O) groups excluding carboxylic acids is 2. The summed E-state index contributed by atoms with van der Waals surface area (Å²) in [5.74, 6) is 0.534. The van der Waals surface area contributed by atoms with Crippen molar-refractivity contribution >= 4 is 39.6 Å². The van der Waals surface area contributed by atoms with Crippen LogP contribution in [-0.2, 0) is 9.59 Å². The SMILES string of the molecule is Cc1ccccc1NC(=O)COc1ccc(/C=N\NC(=O)COc2ccc(Br)cc2)cc1. The van der Waals surface area contributed by atoms with E-state index >= 15 is 0 Å². The Morgan fingerprint density at radius 2 is 1.47 bits per heavy atom. The zero-order valence-electron chi connectivity index (χ0n) is 17.4. The standard InChI is InChI=1S/C24H22BrN3O4/c1-17-4-2-3-5-22(17)27-23(29)15-31-20-10-6-18(7-11-20)14-26-28-24(30)16-32-21-12-8-19(25)9-13-21/h2-14H,15-16H2,1H3,(H,27,29)(H,28,30)/b26-14-. The summed E-state index contributed by atoms with van der Waals surface area (Å²) < 4.78 is 11.8. The number of carbonyl (C=O) groups is 2. The van der Waals surface area contributed by atoms with Gasteiger partial charge in [0.1, 0.15) is 11.5 Å². The van der Waals surface area contributed by atoms with Crippen LogP contribution in [0.5, 0.6) is 11.5 Å². The second kappa shape index (κ2) is 11.7. The van der Waals surface area contributed by atoms with Crippen molar-refractivity contribution in [1.29, 1.82) is 0 Å². The Bertz CT molecular complexity index is 1080. The van der Waals surface area contributed by atoms with Crippen molar-refractivity contribution in [1.82, 2.24) is 5.43 Å². The van der Waals surface area contributed by atoms with Gasteiger partial charge in [-0.2, -0.15) is 5.10 Å². The summed E-state index contributed by atoms with van der Waals surface area (Å²) in [4.78, 5) is 23.9. The van der Waals surface area contributed by atoms with Gasteiger partial charge in [0.05, 0.1) is 6.21 Å². The predicted octanol–water partition coefficient (Wildman–Crippen LogP) is 4.30. The lowest BCUT2D eigenvalue weighted by Gasteiger charge is -2.09. The van der Waals surface area contributed by atoms with Gasteiger partial charge in [0.2, 0.25) is 0 Å². The molecule has 8 heteroatoms. The third-order valence-electron chi connectivity index (χ3n) is 4.26. The summed E-state index contributed by atoms with van der Waals surface area (Å²) >= 11 is 3.34. The van der Waals surface area contributed by atoms with Crippen LogP contribution in [-0.4, -0.2) is 31.2 Å². The lowest BCUT2D eigenvalue weighted by Crippen LogP contribution is -2.24. The van der Waals surface area contributed by atoms with Gasteiger partial charge in [0, 0.05) is 10.2 Å². The molecule has 0 saturated carbocycles. The molecule has 32 heavy (non-hydrogen) atoms. The maximum atomic E-state index is 12.1. The number of hydrogen-bond donors (Lipinski definition) is 2. The second-order valence-corrected chi connectivity index (χ2v) is 7.67. The molecular weight excluding hydrogens is 474 g/mol. The van der Waals surface area contributed by atoms with E-state index in [1.807, 2.05) is 43.3 Å². The number of aryl methyl sites for hydroxylation is 1. The molecule has 164 valence electrons. The molecule has 2 amide bonds. The maximum absolute atomic E-state index is 12.1. The maximum Gasteiger partial charge on any atom is 0.277 e. The van der Waals surface area contributed by atoms with Gasteiger partial charge in [0.15, 0.2) is 13.2 Å². The molecule has 3 aromatic rings. The lowest BCUT2D eigenvalue weighted by molar-refractivity contribution is -0.123. The molecule has 2 N–H and O–H groups in total. The average molecular weight is 496 g/mol. The molecule has 0 bridgehead atoms. The van der Waals surface area contributed by atoms with E-state index in [1.54, 1.807) is 36.4 Å². The van der Waals surface area contributed by atoms with Gasteiger partial charge in [-0.1, -0.05) is 34.1 Å². The predicted molar refractivity (Wildman–Crippen MR) is 127 cm³/mol. The number of ether oxygens (including phenoxy) is 2. The molecule has 7 nitrogen and oxygen atoms in total. The number of halogens is 1. The summed E-state index contributed by atoms with van der Waals surface area (Å²) in [5, 5.41) is 6.73. The van der Waals surface area contributed by atoms with Crippen LogP contribution in [0.2, 0.25) is 0 Å². The first-order valence-electron chi connectivity index (χ1n) is 9.78. The smallest absolute Gasteiger partial charge is 0.277 e. The van der Waals surface area contributed by atoms with Crippen LogP contribution < -0.4 is 20.2 Å². The molecule has 0 aliphatic heterocycles. The molecule has 0 fully saturated rings. The van der Waals surface area contributed by atoms with E-state index in [4.69, 9.17) is 9.47 Å². The summed E-state index contributed by atoms with van der Waals surface area (Å²) in [6, 6.07) is 21.7. The molecule has 0 heterocycles. The topological polar surface area (TPSA) is 89.0 Å². The first-order valence-corrected chi connectivity index (χ1v) is 10.6. The highest BCUT2D eigenvalue weighted by molar-refractivity contribution is 9.10. The van der Waals surface area contributed by atoms with Crippen molar-refractivity contribution in [2.45, 2.75) is 6.92 Å². The Hall–Kier alpha value is -3.65. The molecule has 0 unspecified atom stereocenters. The summed E-state index contributed by atoms with van der Waals surface area (Å²) in [5.41, 5.74) is 4.91. The number of nitrogens with one attached hydrogen (secondary N) is 2. The summed E-state index contributed by atoms with van der Waals surface area (Å²) in [7, 11) is 0. The first kappa shape index (κ1) is 23.0. The van der Waals surface area contributed by atoms with E-state index in [0.717, 1.165) is 21.3 Å². The normalized spacial score (nSPS) is 10.6. The van der Waals surface area contributed by atoms with Crippen LogP contribution in [0.3, 0.4) is 0 Å². The minimum Gasteiger partial charge on any atom is -0.484 e. The minimum atomic E-state index is -0.371. The number of amides is 2. The number of para-hydroxylation sites is 1.